The molecule has 2 aromatic rings. The molecule has 0 radical (unpaired) electrons. The zero-order valence-corrected chi connectivity index (χ0v) is 13.8. The molecule has 1 amide bonds. The highest BCUT2D eigenvalue weighted by Gasteiger charge is 2.09. The number of hydrogen-bond donors (Lipinski definition) is 2. The Morgan fingerprint density at radius 2 is 1.74 bits per heavy atom. The van der Waals surface area contributed by atoms with Crippen LogP contribution < -0.4 is 20.1 Å². The predicted octanol–water partition coefficient (Wildman–Crippen LogP) is 3.80. The van der Waals surface area contributed by atoms with Gasteiger partial charge in [0.2, 0.25) is 5.91 Å². The van der Waals surface area contributed by atoms with Crippen LogP contribution in [0.2, 0.25) is 5.02 Å². The normalized spacial score (nSPS) is 10.0. The lowest BCUT2D eigenvalue weighted by Crippen LogP contribution is -2.17. The van der Waals surface area contributed by atoms with E-state index < -0.39 is 0 Å². The van der Waals surface area contributed by atoms with Crippen molar-refractivity contribution < 1.29 is 14.3 Å². The van der Waals surface area contributed by atoms with Crippen molar-refractivity contribution in [1.82, 2.24) is 0 Å². The van der Waals surface area contributed by atoms with E-state index in [1.807, 2.05) is 24.3 Å². The van der Waals surface area contributed by atoms with Crippen LogP contribution in [0.1, 0.15) is 6.42 Å². The molecule has 0 aliphatic heterocycles. The van der Waals surface area contributed by atoms with Gasteiger partial charge in [-0.05, 0) is 30.3 Å². The number of amides is 1. The minimum atomic E-state index is -0.132. The van der Waals surface area contributed by atoms with Crippen LogP contribution in [0.25, 0.3) is 0 Å². The summed E-state index contributed by atoms with van der Waals surface area (Å²) in [6.45, 7) is 0.481. The van der Waals surface area contributed by atoms with Gasteiger partial charge in [0, 0.05) is 18.0 Å². The van der Waals surface area contributed by atoms with Gasteiger partial charge in [-0.3, -0.25) is 4.79 Å². The third-order valence-electron chi connectivity index (χ3n) is 3.21. The minimum absolute atomic E-state index is 0.132. The molecule has 23 heavy (non-hydrogen) atoms. The monoisotopic (exact) mass is 334 g/mol. The average Bonchev–Trinajstić information content (AvgIpc) is 2.55. The summed E-state index contributed by atoms with van der Waals surface area (Å²) in [6, 6.07) is 12.6. The van der Waals surface area contributed by atoms with Crippen LogP contribution in [0.5, 0.6) is 11.5 Å². The molecule has 2 rings (SSSR count). The number of carbonyl (C=O) groups excluding carboxylic acids is 1. The standard InChI is InChI=1S/C17H19ClN2O3/c1-22-15-6-4-3-5-13(15)19-10-9-17(21)20-14-11-12(18)7-8-16(14)23-2/h3-8,11,19H,9-10H2,1-2H3,(H,20,21). The molecular weight excluding hydrogens is 316 g/mol. The van der Waals surface area contributed by atoms with Crippen molar-refractivity contribution >= 4 is 28.9 Å². The second kappa shape index (κ2) is 8.29. The fourth-order valence-corrected chi connectivity index (χ4v) is 2.26. The number of ether oxygens (including phenoxy) is 2. The van der Waals surface area contributed by atoms with Crippen molar-refractivity contribution in [2.45, 2.75) is 6.42 Å². The maximum Gasteiger partial charge on any atom is 0.226 e. The number of rotatable bonds is 7. The van der Waals surface area contributed by atoms with Gasteiger partial charge >= 0.3 is 0 Å². The van der Waals surface area contributed by atoms with Crippen LogP contribution in [0, 0.1) is 0 Å². The van der Waals surface area contributed by atoms with Gasteiger partial charge in [-0.2, -0.15) is 0 Å². The number of carbonyl (C=O) groups is 1. The van der Waals surface area contributed by atoms with Gasteiger partial charge in [0.1, 0.15) is 11.5 Å². The van der Waals surface area contributed by atoms with E-state index in [4.69, 9.17) is 21.1 Å². The first-order chi connectivity index (χ1) is 11.1. The van der Waals surface area contributed by atoms with E-state index >= 15 is 0 Å². The van der Waals surface area contributed by atoms with Crippen LogP contribution in [-0.4, -0.2) is 26.7 Å². The molecule has 0 spiro atoms. The molecule has 0 fully saturated rings. The Bertz CT molecular complexity index is 677. The third kappa shape index (κ3) is 4.79. The van der Waals surface area contributed by atoms with Crippen LogP contribution in [-0.2, 0) is 4.79 Å². The summed E-state index contributed by atoms with van der Waals surface area (Å²) in [5.41, 5.74) is 1.41. The number of methoxy groups -OCH3 is 2. The zero-order valence-electron chi connectivity index (χ0n) is 13.1. The molecule has 0 saturated carbocycles. The molecule has 0 atom stereocenters. The first-order valence-electron chi connectivity index (χ1n) is 7.14. The molecular formula is C17H19ClN2O3. The van der Waals surface area contributed by atoms with Gasteiger partial charge in [-0.1, -0.05) is 23.7 Å². The number of benzene rings is 2. The quantitative estimate of drug-likeness (QED) is 0.808. The maximum atomic E-state index is 12.1. The van der Waals surface area contributed by atoms with Crippen LogP contribution in [0.3, 0.4) is 0 Å². The summed E-state index contributed by atoms with van der Waals surface area (Å²) >= 11 is 5.94. The highest BCUT2D eigenvalue weighted by atomic mass is 35.5. The Kier molecular flexibility index (Phi) is 6.11. The van der Waals surface area contributed by atoms with Crippen LogP contribution in [0.15, 0.2) is 42.5 Å². The van der Waals surface area contributed by atoms with Gasteiger partial charge < -0.3 is 20.1 Å². The van der Waals surface area contributed by atoms with E-state index in [0.717, 1.165) is 11.4 Å². The summed E-state index contributed by atoms with van der Waals surface area (Å²) < 4.78 is 10.4. The molecule has 0 unspecified atom stereocenters. The Morgan fingerprint density at radius 1 is 1.04 bits per heavy atom. The highest BCUT2D eigenvalue weighted by molar-refractivity contribution is 6.31. The number of halogens is 1. The molecule has 122 valence electrons. The Morgan fingerprint density at radius 3 is 2.48 bits per heavy atom. The van der Waals surface area contributed by atoms with E-state index in [9.17, 15) is 4.79 Å². The van der Waals surface area contributed by atoms with E-state index in [2.05, 4.69) is 10.6 Å². The van der Waals surface area contributed by atoms with Crippen molar-refractivity contribution in [1.29, 1.82) is 0 Å². The van der Waals surface area contributed by atoms with Crippen LogP contribution in [0.4, 0.5) is 11.4 Å². The number of anilines is 2. The molecule has 2 N–H and O–H groups in total. The van der Waals surface area contributed by atoms with Gasteiger partial charge in [-0.25, -0.2) is 0 Å². The SMILES string of the molecule is COc1ccccc1NCCC(=O)Nc1cc(Cl)ccc1OC. The Labute approximate surface area is 140 Å². The topological polar surface area (TPSA) is 59.6 Å². The minimum Gasteiger partial charge on any atom is -0.495 e. The molecule has 0 aromatic heterocycles. The van der Waals surface area contributed by atoms with Crippen molar-refractivity contribution in [2.24, 2.45) is 0 Å². The van der Waals surface area contributed by atoms with E-state index in [1.54, 1.807) is 32.4 Å². The van der Waals surface area contributed by atoms with Gasteiger partial charge in [0.05, 0.1) is 25.6 Å². The second-order valence-electron chi connectivity index (χ2n) is 4.77. The average molecular weight is 335 g/mol. The third-order valence-corrected chi connectivity index (χ3v) is 3.45. The van der Waals surface area contributed by atoms with Gasteiger partial charge in [0.25, 0.3) is 0 Å². The molecule has 0 aliphatic carbocycles. The molecule has 0 aliphatic rings. The molecule has 2 aromatic carbocycles. The lowest BCUT2D eigenvalue weighted by atomic mass is 10.2. The Hall–Kier alpha value is -2.40. The van der Waals surface area contributed by atoms with E-state index in [1.165, 1.54) is 0 Å². The van der Waals surface area contributed by atoms with Crippen molar-refractivity contribution in [2.75, 3.05) is 31.4 Å². The van der Waals surface area contributed by atoms with E-state index in [-0.39, 0.29) is 5.91 Å². The smallest absolute Gasteiger partial charge is 0.226 e. The van der Waals surface area contributed by atoms with E-state index in [0.29, 0.717) is 29.4 Å². The van der Waals surface area contributed by atoms with Crippen molar-refractivity contribution in [3.05, 3.63) is 47.5 Å². The number of nitrogens with one attached hydrogen (secondary N) is 2. The largest absolute Gasteiger partial charge is 0.495 e. The zero-order chi connectivity index (χ0) is 16.7. The fraction of sp³-hybridized carbons (Fsp3) is 0.235. The maximum absolute atomic E-state index is 12.1. The molecule has 6 heteroatoms. The lowest BCUT2D eigenvalue weighted by Gasteiger charge is -2.12. The van der Waals surface area contributed by atoms with Crippen LogP contribution >= 0.6 is 11.6 Å². The number of hydrogen-bond acceptors (Lipinski definition) is 4. The fourth-order valence-electron chi connectivity index (χ4n) is 2.09. The first kappa shape index (κ1) is 17.0. The van der Waals surface area contributed by atoms with Gasteiger partial charge in [0.15, 0.2) is 0 Å². The van der Waals surface area contributed by atoms with Gasteiger partial charge in [-0.15, -0.1) is 0 Å². The second-order valence-corrected chi connectivity index (χ2v) is 5.21. The lowest BCUT2D eigenvalue weighted by molar-refractivity contribution is -0.116. The molecule has 0 saturated heterocycles. The van der Waals surface area contributed by atoms with Crippen molar-refractivity contribution in [3.63, 3.8) is 0 Å². The summed E-state index contributed by atoms with van der Waals surface area (Å²) in [7, 11) is 3.15. The van der Waals surface area contributed by atoms with Crippen molar-refractivity contribution in [3.8, 4) is 11.5 Å². The summed E-state index contributed by atoms with van der Waals surface area (Å²) in [4.78, 5) is 12.1. The Balaban J connectivity index is 1.89. The molecule has 0 bridgehead atoms. The summed E-state index contributed by atoms with van der Waals surface area (Å²) in [5, 5.41) is 6.51. The first-order valence-corrected chi connectivity index (χ1v) is 7.52. The predicted molar refractivity (Wildman–Crippen MR) is 92.7 cm³/mol. The summed E-state index contributed by atoms with van der Waals surface area (Å²) in [6.07, 6.45) is 0.299. The highest BCUT2D eigenvalue weighted by Crippen LogP contribution is 2.28. The molecule has 0 heterocycles. The number of para-hydroxylation sites is 2. The molecule has 5 nitrogen and oxygen atoms in total. The summed E-state index contributed by atoms with van der Waals surface area (Å²) in [5.74, 6) is 1.18.